The van der Waals surface area contributed by atoms with Crippen molar-refractivity contribution in [3.63, 3.8) is 0 Å². The third-order valence-corrected chi connectivity index (χ3v) is 5.44. The van der Waals surface area contributed by atoms with Crippen LogP contribution in [0.2, 0.25) is 0 Å². The van der Waals surface area contributed by atoms with Crippen molar-refractivity contribution < 1.29 is 9.59 Å². The lowest BCUT2D eigenvalue weighted by molar-refractivity contribution is 0.0664. The Morgan fingerprint density at radius 2 is 1.52 bits per heavy atom. The lowest BCUT2D eigenvalue weighted by Crippen LogP contribution is -2.31. The van der Waals surface area contributed by atoms with Gasteiger partial charge < -0.3 is 4.57 Å². The number of amides is 2. The predicted octanol–water partition coefficient (Wildman–Crippen LogP) is 3.35. The molecule has 0 spiro atoms. The van der Waals surface area contributed by atoms with Crippen molar-refractivity contribution in [1.29, 1.82) is 0 Å². The summed E-state index contributed by atoms with van der Waals surface area (Å²) >= 11 is 1.50. The third-order valence-electron chi connectivity index (χ3n) is 4.49. The summed E-state index contributed by atoms with van der Waals surface area (Å²) in [7, 11) is 0. The van der Waals surface area contributed by atoms with Crippen molar-refractivity contribution in [2.75, 3.05) is 12.3 Å². The summed E-state index contributed by atoms with van der Waals surface area (Å²) in [4.78, 5) is 26.2. The first kappa shape index (κ1) is 17.5. The summed E-state index contributed by atoms with van der Waals surface area (Å²) in [6, 6.07) is 16.9. The maximum atomic E-state index is 12.4. The van der Waals surface area contributed by atoms with Gasteiger partial charge in [0, 0.05) is 24.4 Å². The standard InChI is InChI=1S/C20H18N4O2S/c1-2-23-17(14-8-4-3-5-9-14)21-22-20(23)27-13-12-24-18(25)15-10-6-7-11-16(15)19(24)26/h3-11H,2,12-13H2,1H3. The summed E-state index contributed by atoms with van der Waals surface area (Å²) < 4.78 is 2.04. The van der Waals surface area contributed by atoms with Crippen LogP contribution in [0.3, 0.4) is 0 Å². The average Bonchev–Trinajstić information content (AvgIpc) is 3.23. The van der Waals surface area contributed by atoms with Crippen LogP contribution < -0.4 is 0 Å². The molecule has 1 aliphatic rings. The van der Waals surface area contributed by atoms with Gasteiger partial charge in [-0.05, 0) is 19.1 Å². The minimum atomic E-state index is -0.224. The summed E-state index contributed by atoms with van der Waals surface area (Å²) in [5.74, 6) is 0.941. The molecule has 0 aliphatic carbocycles. The molecule has 1 aliphatic heterocycles. The van der Waals surface area contributed by atoms with E-state index in [1.807, 2.05) is 41.8 Å². The molecule has 1 aromatic heterocycles. The number of hydrogen-bond acceptors (Lipinski definition) is 5. The van der Waals surface area contributed by atoms with Gasteiger partial charge in [0.1, 0.15) is 0 Å². The molecule has 0 atom stereocenters. The molecule has 0 N–H and O–H groups in total. The second kappa shape index (κ2) is 7.36. The Morgan fingerprint density at radius 1 is 0.889 bits per heavy atom. The summed E-state index contributed by atoms with van der Waals surface area (Å²) in [5.41, 5.74) is 1.98. The Labute approximate surface area is 161 Å². The number of fused-ring (bicyclic) bond motifs is 1. The van der Waals surface area contributed by atoms with Gasteiger partial charge >= 0.3 is 0 Å². The number of thioether (sulfide) groups is 1. The van der Waals surface area contributed by atoms with Crippen molar-refractivity contribution in [2.24, 2.45) is 0 Å². The van der Waals surface area contributed by atoms with Crippen LogP contribution in [0.1, 0.15) is 27.6 Å². The van der Waals surface area contributed by atoms with Crippen LogP contribution in [0, 0.1) is 0 Å². The average molecular weight is 378 g/mol. The first-order valence-corrected chi connectivity index (χ1v) is 9.76. The second-order valence-electron chi connectivity index (χ2n) is 6.07. The van der Waals surface area contributed by atoms with Crippen LogP contribution in [0.4, 0.5) is 0 Å². The number of benzene rings is 2. The van der Waals surface area contributed by atoms with Crippen molar-refractivity contribution >= 4 is 23.6 Å². The maximum Gasteiger partial charge on any atom is 0.261 e. The van der Waals surface area contributed by atoms with E-state index in [0.29, 0.717) is 23.4 Å². The predicted molar refractivity (Wildman–Crippen MR) is 104 cm³/mol. The van der Waals surface area contributed by atoms with Crippen LogP contribution >= 0.6 is 11.8 Å². The molecule has 0 bridgehead atoms. The molecule has 136 valence electrons. The van der Waals surface area contributed by atoms with Crippen LogP contribution in [-0.2, 0) is 6.54 Å². The fourth-order valence-electron chi connectivity index (χ4n) is 3.15. The number of nitrogens with zero attached hydrogens (tertiary/aromatic N) is 4. The quantitative estimate of drug-likeness (QED) is 0.486. The van der Waals surface area contributed by atoms with Gasteiger partial charge in [-0.2, -0.15) is 0 Å². The Balaban J connectivity index is 1.46. The van der Waals surface area contributed by atoms with Crippen LogP contribution in [0.25, 0.3) is 11.4 Å². The zero-order valence-corrected chi connectivity index (χ0v) is 15.6. The van der Waals surface area contributed by atoms with Gasteiger partial charge in [0.25, 0.3) is 11.8 Å². The monoisotopic (exact) mass is 378 g/mol. The normalized spacial score (nSPS) is 13.3. The molecule has 4 rings (SSSR count). The van der Waals surface area contributed by atoms with E-state index in [1.165, 1.54) is 16.7 Å². The number of carbonyl (C=O) groups excluding carboxylic acids is 2. The molecule has 2 amide bonds. The number of aromatic nitrogens is 3. The third kappa shape index (κ3) is 3.14. The van der Waals surface area contributed by atoms with Gasteiger partial charge in [-0.1, -0.05) is 54.2 Å². The zero-order chi connectivity index (χ0) is 18.8. The van der Waals surface area contributed by atoms with E-state index in [1.54, 1.807) is 24.3 Å². The Morgan fingerprint density at radius 3 is 2.15 bits per heavy atom. The molecule has 6 nitrogen and oxygen atoms in total. The first-order valence-electron chi connectivity index (χ1n) is 8.77. The smallest absolute Gasteiger partial charge is 0.261 e. The molecular formula is C20H18N4O2S. The summed E-state index contributed by atoms with van der Waals surface area (Å²) in [6.45, 7) is 3.13. The molecule has 27 heavy (non-hydrogen) atoms. The molecule has 7 heteroatoms. The van der Waals surface area contributed by atoms with E-state index in [9.17, 15) is 9.59 Å². The fraction of sp³-hybridized carbons (Fsp3) is 0.200. The van der Waals surface area contributed by atoms with Gasteiger partial charge in [-0.25, -0.2) is 0 Å². The molecule has 3 aromatic rings. The van der Waals surface area contributed by atoms with Gasteiger partial charge in [-0.15, -0.1) is 10.2 Å². The Bertz CT molecular complexity index is 965. The van der Waals surface area contributed by atoms with E-state index < -0.39 is 0 Å². The molecule has 0 saturated heterocycles. The minimum absolute atomic E-state index is 0.224. The van der Waals surface area contributed by atoms with Crippen molar-refractivity contribution in [1.82, 2.24) is 19.7 Å². The lowest BCUT2D eigenvalue weighted by atomic mass is 10.1. The molecule has 2 heterocycles. The maximum absolute atomic E-state index is 12.4. The Kier molecular flexibility index (Phi) is 4.77. The van der Waals surface area contributed by atoms with Gasteiger partial charge in [0.2, 0.25) is 0 Å². The van der Waals surface area contributed by atoms with Gasteiger partial charge in [-0.3, -0.25) is 14.5 Å². The first-order chi connectivity index (χ1) is 13.2. The fourth-order valence-corrected chi connectivity index (χ4v) is 4.08. The number of carbonyl (C=O) groups is 2. The van der Waals surface area contributed by atoms with Gasteiger partial charge in [0.15, 0.2) is 11.0 Å². The number of imide groups is 1. The number of rotatable bonds is 6. The summed E-state index contributed by atoms with van der Waals surface area (Å²) in [6.07, 6.45) is 0. The second-order valence-corrected chi connectivity index (χ2v) is 7.13. The molecular weight excluding hydrogens is 360 g/mol. The highest BCUT2D eigenvalue weighted by Crippen LogP contribution is 2.26. The van der Waals surface area contributed by atoms with Crippen LogP contribution in [0.15, 0.2) is 59.8 Å². The van der Waals surface area contributed by atoms with E-state index >= 15 is 0 Å². The minimum Gasteiger partial charge on any atom is -0.302 e. The van der Waals surface area contributed by atoms with E-state index in [-0.39, 0.29) is 11.8 Å². The highest BCUT2D eigenvalue weighted by molar-refractivity contribution is 7.99. The van der Waals surface area contributed by atoms with E-state index in [0.717, 1.165) is 23.1 Å². The molecule has 2 aromatic carbocycles. The molecule has 0 fully saturated rings. The molecule has 0 saturated carbocycles. The lowest BCUT2D eigenvalue weighted by Gasteiger charge is -2.13. The van der Waals surface area contributed by atoms with Crippen LogP contribution in [-0.4, -0.2) is 43.8 Å². The summed E-state index contributed by atoms with van der Waals surface area (Å²) in [5, 5.41) is 9.39. The van der Waals surface area contributed by atoms with Gasteiger partial charge in [0.05, 0.1) is 11.1 Å². The molecule has 0 radical (unpaired) electrons. The zero-order valence-electron chi connectivity index (χ0n) is 14.8. The van der Waals surface area contributed by atoms with E-state index in [2.05, 4.69) is 10.2 Å². The topological polar surface area (TPSA) is 68.1 Å². The highest BCUT2D eigenvalue weighted by Gasteiger charge is 2.34. The number of hydrogen-bond donors (Lipinski definition) is 0. The Hall–Kier alpha value is -2.93. The largest absolute Gasteiger partial charge is 0.302 e. The SMILES string of the molecule is CCn1c(SCCN2C(=O)c3ccccc3C2=O)nnc1-c1ccccc1. The van der Waals surface area contributed by atoms with Crippen molar-refractivity contribution in [2.45, 2.75) is 18.6 Å². The highest BCUT2D eigenvalue weighted by atomic mass is 32.2. The van der Waals surface area contributed by atoms with Crippen molar-refractivity contribution in [3.05, 3.63) is 65.7 Å². The van der Waals surface area contributed by atoms with Crippen molar-refractivity contribution in [3.8, 4) is 11.4 Å². The molecule has 0 unspecified atom stereocenters. The van der Waals surface area contributed by atoms with Crippen LogP contribution in [0.5, 0.6) is 0 Å². The van der Waals surface area contributed by atoms with E-state index in [4.69, 9.17) is 0 Å².